The second-order valence-electron chi connectivity index (χ2n) is 4.64. The zero-order valence-corrected chi connectivity index (χ0v) is 13.5. The Hall–Kier alpha value is -2.81. The van der Waals surface area contributed by atoms with Gasteiger partial charge in [-0.25, -0.2) is 0 Å². The molecule has 9 heteroatoms. The molecule has 8 nitrogen and oxygen atoms in total. The first-order valence-corrected chi connectivity index (χ1v) is 7.69. The SMILES string of the molecule is C=CCN1C(=O)S/C(=C/c2cc(OCC)c([O-])c([N+](=O)[O-])c2)C1=O. The van der Waals surface area contributed by atoms with Gasteiger partial charge in [0.15, 0.2) is 0 Å². The molecule has 1 aliphatic heterocycles. The molecule has 0 atom stereocenters. The van der Waals surface area contributed by atoms with Crippen molar-refractivity contribution in [3.8, 4) is 11.5 Å². The largest absolute Gasteiger partial charge is 0.865 e. The molecule has 1 aromatic carbocycles. The van der Waals surface area contributed by atoms with Crippen molar-refractivity contribution in [2.24, 2.45) is 0 Å². The maximum Gasteiger partial charge on any atom is 0.293 e. The van der Waals surface area contributed by atoms with Crippen LogP contribution in [0.15, 0.2) is 29.7 Å². The molecular formula is C15H13N2O6S-. The predicted molar refractivity (Wildman–Crippen MR) is 86.6 cm³/mol. The molecule has 0 saturated carbocycles. The highest BCUT2D eigenvalue weighted by Gasteiger charge is 2.34. The maximum atomic E-state index is 12.1. The van der Waals surface area contributed by atoms with Crippen molar-refractivity contribution in [1.82, 2.24) is 4.90 Å². The lowest BCUT2D eigenvalue weighted by Gasteiger charge is -2.14. The first-order valence-electron chi connectivity index (χ1n) is 6.87. The van der Waals surface area contributed by atoms with Gasteiger partial charge in [-0.15, -0.1) is 6.58 Å². The van der Waals surface area contributed by atoms with Gasteiger partial charge in [0, 0.05) is 18.4 Å². The Labute approximate surface area is 141 Å². The van der Waals surface area contributed by atoms with E-state index in [1.807, 2.05) is 0 Å². The van der Waals surface area contributed by atoms with Crippen LogP contribution in [-0.4, -0.2) is 34.1 Å². The molecule has 0 N–H and O–H groups in total. The number of rotatable bonds is 6. The molecule has 1 aliphatic rings. The lowest BCUT2D eigenvalue weighted by atomic mass is 10.1. The number of ether oxygens (including phenoxy) is 1. The summed E-state index contributed by atoms with van der Waals surface area (Å²) in [7, 11) is 0. The third-order valence-electron chi connectivity index (χ3n) is 3.04. The molecule has 0 unspecified atom stereocenters. The van der Waals surface area contributed by atoms with Crippen molar-refractivity contribution in [2.45, 2.75) is 6.92 Å². The molecule has 24 heavy (non-hydrogen) atoms. The van der Waals surface area contributed by atoms with Crippen molar-refractivity contribution in [1.29, 1.82) is 0 Å². The predicted octanol–water partition coefficient (Wildman–Crippen LogP) is 2.29. The second kappa shape index (κ2) is 7.18. The van der Waals surface area contributed by atoms with Crippen LogP contribution in [0.25, 0.3) is 6.08 Å². The highest BCUT2D eigenvalue weighted by Crippen LogP contribution is 2.37. The fraction of sp³-hybridized carbons (Fsp3) is 0.200. The summed E-state index contributed by atoms with van der Waals surface area (Å²) in [6.07, 6.45) is 2.74. The normalized spacial score (nSPS) is 15.9. The minimum Gasteiger partial charge on any atom is -0.865 e. The lowest BCUT2D eigenvalue weighted by Crippen LogP contribution is -2.27. The number of nitro groups is 1. The van der Waals surface area contributed by atoms with E-state index in [9.17, 15) is 24.8 Å². The molecule has 0 aliphatic carbocycles. The maximum absolute atomic E-state index is 12.1. The van der Waals surface area contributed by atoms with Crippen molar-refractivity contribution in [3.63, 3.8) is 0 Å². The van der Waals surface area contributed by atoms with Crippen molar-refractivity contribution in [2.75, 3.05) is 13.2 Å². The minimum absolute atomic E-state index is 0.0752. The number of benzene rings is 1. The van der Waals surface area contributed by atoms with Crippen molar-refractivity contribution < 1.29 is 24.4 Å². The molecule has 0 bridgehead atoms. The number of nitrogens with zero attached hydrogens (tertiary/aromatic N) is 2. The number of imide groups is 1. The first-order chi connectivity index (χ1) is 11.4. The Bertz CT molecular complexity index is 759. The Morgan fingerprint density at radius 2 is 2.12 bits per heavy atom. The summed E-state index contributed by atoms with van der Waals surface area (Å²) in [6, 6.07) is 2.35. The average molecular weight is 349 g/mol. The lowest BCUT2D eigenvalue weighted by molar-refractivity contribution is -0.398. The molecule has 1 heterocycles. The molecule has 0 radical (unpaired) electrons. The van der Waals surface area contributed by atoms with Crippen molar-refractivity contribution in [3.05, 3.63) is 45.4 Å². The molecule has 1 saturated heterocycles. The molecule has 0 aromatic heterocycles. The summed E-state index contributed by atoms with van der Waals surface area (Å²) >= 11 is 0.716. The van der Waals surface area contributed by atoms with Crippen LogP contribution in [0.1, 0.15) is 12.5 Å². The van der Waals surface area contributed by atoms with Crippen LogP contribution in [-0.2, 0) is 4.79 Å². The van der Waals surface area contributed by atoms with Gasteiger partial charge in [-0.05, 0) is 36.4 Å². The van der Waals surface area contributed by atoms with E-state index in [0.717, 1.165) is 11.0 Å². The molecule has 1 fully saturated rings. The molecule has 126 valence electrons. The topological polar surface area (TPSA) is 113 Å². The van der Waals surface area contributed by atoms with Crippen LogP contribution in [0.4, 0.5) is 10.5 Å². The van der Waals surface area contributed by atoms with Gasteiger partial charge in [0.2, 0.25) is 0 Å². The zero-order chi connectivity index (χ0) is 17.9. The molecule has 2 amide bonds. The van der Waals surface area contributed by atoms with E-state index in [1.165, 1.54) is 18.2 Å². The smallest absolute Gasteiger partial charge is 0.293 e. The summed E-state index contributed by atoms with van der Waals surface area (Å²) in [5, 5.41) is 22.5. The second-order valence-corrected chi connectivity index (χ2v) is 5.63. The fourth-order valence-corrected chi connectivity index (χ4v) is 2.88. The number of carbonyl (C=O) groups is 2. The third-order valence-corrected chi connectivity index (χ3v) is 3.94. The number of nitro benzene ring substituents is 1. The van der Waals surface area contributed by atoms with E-state index >= 15 is 0 Å². The van der Waals surface area contributed by atoms with E-state index in [0.29, 0.717) is 11.8 Å². The highest BCUT2D eigenvalue weighted by molar-refractivity contribution is 8.18. The van der Waals surface area contributed by atoms with Gasteiger partial charge in [0.05, 0.1) is 16.4 Å². The summed E-state index contributed by atoms with van der Waals surface area (Å²) in [4.78, 5) is 35.2. The molecule has 2 rings (SSSR count). The van der Waals surface area contributed by atoms with Gasteiger partial charge < -0.3 is 9.84 Å². The zero-order valence-electron chi connectivity index (χ0n) is 12.7. The fourth-order valence-electron chi connectivity index (χ4n) is 2.03. The van der Waals surface area contributed by atoms with E-state index < -0.39 is 27.5 Å². The minimum atomic E-state index is -0.834. The van der Waals surface area contributed by atoms with E-state index in [-0.39, 0.29) is 29.4 Å². The Morgan fingerprint density at radius 1 is 1.42 bits per heavy atom. The monoisotopic (exact) mass is 349 g/mol. The van der Waals surface area contributed by atoms with Gasteiger partial charge in [-0.3, -0.25) is 24.6 Å². The summed E-state index contributed by atoms with van der Waals surface area (Å²) in [5.41, 5.74) is -0.425. The Morgan fingerprint density at radius 3 is 2.71 bits per heavy atom. The molecular weight excluding hydrogens is 336 g/mol. The quantitative estimate of drug-likeness (QED) is 0.335. The number of carbonyl (C=O) groups excluding carboxylic acids is 2. The van der Waals surface area contributed by atoms with Gasteiger partial charge >= 0.3 is 0 Å². The van der Waals surface area contributed by atoms with Crippen LogP contribution in [0, 0.1) is 10.1 Å². The van der Waals surface area contributed by atoms with Crippen LogP contribution < -0.4 is 9.84 Å². The van der Waals surface area contributed by atoms with E-state index in [1.54, 1.807) is 6.92 Å². The average Bonchev–Trinajstić information content (AvgIpc) is 2.78. The number of hydrogen-bond acceptors (Lipinski definition) is 7. The number of hydrogen-bond donors (Lipinski definition) is 0. The van der Waals surface area contributed by atoms with Crippen LogP contribution in [0.3, 0.4) is 0 Å². The van der Waals surface area contributed by atoms with Gasteiger partial charge in [0.1, 0.15) is 5.75 Å². The highest BCUT2D eigenvalue weighted by atomic mass is 32.2. The molecule has 0 spiro atoms. The van der Waals surface area contributed by atoms with Crippen molar-refractivity contribution >= 4 is 34.7 Å². The summed E-state index contributed by atoms with van der Waals surface area (Å²) < 4.78 is 5.11. The molecule has 1 aromatic rings. The third kappa shape index (κ3) is 3.40. The van der Waals surface area contributed by atoms with E-state index in [2.05, 4.69) is 6.58 Å². The first kappa shape index (κ1) is 17.5. The summed E-state index contributed by atoms with van der Waals surface area (Å²) in [6.45, 7) is 5.34. The van der Waals surface area contributed by atoms with Crippen LogP contribution in [0.5, 0.6) is 11.5 Å². The van der Waals surface area contributed by atoms with Gasteiger partial charge in [-0.1, -0.05) is 6.08 Å². The van der Waals surface area contributed by atoms with Gasteiger partial charge in [-0.2, -0.15) is 0 Å². The Kier molecular flexibility index (Phi) is 5.24. The number of thioether (sulfide) groups is 1. The van der Waals surface area contributed by atoms with E-state index in [4.69, 9.17) is 4.74 Å². The van der Waals surface area contributed by atoms with Crippen LogP contribution in [0.2, 0.25) is 0 Å². The Balaban J connectivity index is 2.45. The number of amides is 2. The van der Waals surface area contributed by atoms with Crippen LogP contribution >= 0.6 is 11.8 Å². The standard InChI is InChI=1S/C15H14N2O6S/c1-3-5-16-14(19)12(24-15(16)20)8-9-6-10(17(21)22)13(18)11(7-9)23-4-2/h3,6-8,18H,1,4-5H2,2H3/p-1/b12-8+. The summed E-state index contributed by atoms with van der Waals surface area (Å²) in [5.74, 6) is -1.53. The van der Waals surface area contributed by atoms with Gasteiger partial charge in [0.25, 0.3) is 16.8 Å².